The molecule has 92 valence electrons. The number of benzene rings is 2. The molecular formula is C14H12BrNOS. The Balaban J connectivity index is 2.29. The van der Waals surface area contributed by atoms with Gasteiger partial charge in [-0.1, -0.05) is 24.4 Å². The highest BCUT2D eigenvalue weighted by atomic mass is 79.9. The average Bonchev–Trinajstić information content (AvgIpc) is 2.32. The summed E-state index contributed by atoms with van der Waals surface area (Å²) in [4.78, 5) is 0.403. The third-order valence-corrected chi connectivity index (χ3v) is 3.40. The van der Waals surface area contributed by atoms with Crippen molar-refractivity contribution in [1.29, 1.82) is 0 Å². The van der Waals surface area contributed by atoms with Crippen LogP contribution in [0.4, 0.5) is 0 Å². The molecule has 2 N–H and O–H groups in total. The molecule has 0 bridgehead atoms. The Morgan fingerprint density at radius 3 is 2.56 bits per heavy atom. The molecular weight excluding hydrogens is 310 g/mol. The van der Waals surface area contributed by atoms with E-state index in [-0.39, 0.29) is 0 Å². The number of hydrogen-bond acceptors (Lipinski definition) is 2. The SMILES string of the molecule is Cc1cc(Oc2ccccc2Br)ccc1C(N)=S. The maximum Gasteiger partial charge on any atom is 0.141 e. The van der Waals surface area contributed by atoms with Gasteiger partial charge in [0.2, 0.25) is 0 Å². The average molecular weight is 322 g/mol. The quantitative estimate of drug-likeness (QED) is 0.861. The second-order valence-electron chi connectivity index (χ2n) is 3.87. The zero-order valence-electron chi connectivity index (χ0n) is 9.81. The van der Waals surface area contributed by atoms with Gasteiger partial charge < -0.3 is 10.5 Å². The Labute approximate surface area is 120 Å². The molecule has 2 rings (SSSR count). The van der Waals surface area contributed by atoms with E-state index in [1.54, 1.807) is 0 Å². The molecule has 0 unspecified atom stereocenters. The molecule has 2 aromatic carbocycles. The van der Waals surface area contributed by atoms with E-state index in [0.29, 0.717) is 4.99 Å². The molecule has 0 saturated heterocycles. The number of ether oxygens (including phenoxy) is 1. The monoisotopic (exact) mass is 321 g/mol. The van der Waals surface area contributed by atoms with Crippen LogP contribution in [0.3, 0.4) is 0 Å². The van der Waals surface area contributed by atoms with Crippen molar-refractivity contribution < 1.29 is 4.74 Å². The third-order valence-electron chi connectivity index (χ3n) is 2.53. The second kappa shape index (κ2) is 5.50. The lowest BCUT2D eigenvalue weighted by Crippen LogP contribution is -2.10. The van der Waals surface area contributed by atoms with Crippen molar-refractivity contribution in [2.75, 3.05) is 0 Å². The van der Waals surface area contributed by atoms with E-state index in [2.05, 4.69) is 15.9 Å². The molecule has 0 aromatic heterocycles. The fraction of sp³-hybridized carbons (Fsp3) is 0.0714. The van der Waals surface area contributed by atoms with E-state index in [9.17, 15) is 0 Å². The van der Waals surface area contributed by atoms with Gasteiger partial charge in [-0.15, -0.1) is 0 Å². The molecule has 0 spiro atoms. The van der Waals surface area contributed by atoms with Crippen molar-refractivity contribution in [2.24, 2.45) is 5.73 Å². The molecule has 18 heavy (non-hydrogen) atoms. The fourth-order valence-electron chi connectivity index (χ4n) is 1.63. The summed E-state index contributed by atoms with van der Waals surface area (Å²) in [6.45, 7) is 1.96. The van der Waals surface area contributed by atoms with E-state index >= 15 is 0 Å². The molecule has 0 aliphatic rings. The number of aryl methyl sites for hydroxylation is 1. The molecule has 0 amide bonds. The van der Waals surface area contributed by atoms with Crippen LogP contribution < -0.4 is 10.5 Å². The van der Waals surface area contributed by atoms with E-state index in [0.717, 1.165) is 27.1 Å². The van der Waals surface area contributed by atoms with Gasteiger partial charge in [-0.25, -0.2) is 0 Å². The predicted octanol–water partition coefficient (Wildman–Crippen LogP) is 4.18. The minimum absolute atomic E-state index is 0.403. The molecule has 2 nitrogen and oxygen atoms in total. The van der Waals surface area contributed by atoms with E-state index < -0.39 is 0 Å². The lowest BCUT2D eigenvalue weighted by Gasteiger charge is -2.10. The molecule has 0 saturated carbocycles. The van der Waals surface area contributed by atoms with Crippen LogP contribution in [0.25, 0.3) is 0 Å². The molecule has 4 heteroatoms. The van der Waals surface area contributed by atoms with Crippen molar-refractivity contribution in [2.45, 2.75) is 6.92 Å². The van der Waals surface area contributed by atoms with Crippen molar-refractivity contribution in [3.8, 4) is 11.5 Å². The molecule has 0 radical (unpaired) electrons. The first-order chi connectivity index (χ1) is 8.58. The molecule has 0 heterocycles. The van der Waals surface area contributed by atoms with Gasteiger partial charge in [0.1, 0.15) is 16.5 Å². The lowest BCUT2D eigenvalue weighted by atomic mass is 10.1. The first-order valence-corrected chi connectivity index (χ1v) is 6.61. The van der Waals surface area contributed by atoms with Gasteiger partial charge in [-0.3, -0.25) is 0 Å². The van der Waals surface area contributed by atoms with Crippen molar-refractivity contribution >= 4 is 33.1 Å². The summed E-state index contributed by atoms with van der Waals surface area (Å²) in [5, 5.41) is 0. The summed E-state index contributed by atoms with van der Waals surface area (Å²) in [7, 11) is 0. The van der Waals surface area contributed by atoms with Crippen LogP contribution >= 0.6 is 28.1 Å². The van der Waals surface area contributed by atoms with Gasteiger partial charge in [-0.2, -0.15) is 0 Å². The maximum absolute atomic E-state index is 5.79. The maximum atomic E-state index is 5.79. The smallest absolute Gasteiger partial charge is 0.141 e. The largest absolute Gasteiger partial charge is 0.456 e. The van der Waals surface area contributed by atoms with Crippen molar-refractivity contribution in [3.63, 3.8) is 0 Å². The summed E-state index contributed by atoms with van der Waals surface area (Å²) in [6.07, 6.45) is 0. The molecule has 2 aromatic rings. The first kappa shape index (κ1) is 13.1. The molecule has 0 aliphatic carbocycles. The first-order valence-electron chi connectivity index (χ1n) is 5.41. The highest BCUT2D eigenvalue weighted by Crippen LogP contribution is 2.30. The number of halogens is 1. The zero-order valence-corrected chi connectivity index (χ0v) is 12.2. The van der Waals surface area contributed by atoms with Gasteiger partial charge >= 0.3 is 0 Å². The summed E-state index contributed by atoms with van der Waals surface area (Å²) in [5.74, 6) is 1.54. The van der Waals surface area contributed by atoms with E-state index in [4.69, 9.17) is 22.7 Å². The third kappa shape index (κ3) is 2.89. The van der Waals surface area contributed by atoms with Gasteiger partial charge in [-0.05, 0) is 58.7 Å². The summed E-state index contributed by atoms with van der Waals surface area (Å²) in [6, 6.07) is 13.4. The van der Waals surface area contributed by atoms with E-state index in [1.165, 1.54) is 0 Å². The molecule has 0 atom stereocenters. The second-order valence-corrected chi connectivity index (χ2v) is 5.17. The van der Waals surface area contributed by atoms with Crippen LogP contribution in [0.5, 0.6) is 11.5 Å². The summed E-state index contributed by atoms with van der Waals surface area (Å²) >= 11 is 8.42. The topological polar surface area (TPSA) is 35.2 Å². The van der Waals surface area contributed by atoms with Crippen LogP contribution in [0.15, 0.2) is 46.9 Å². The number of thiocarbonyl (C=S) groups is 1. The van der Waals surface area contributed by atoms with Crippen LogP contribution in [-0.2, 0) is 0 Å². The molecule has 0 aliphatic heterocycles. The Morgan fingerprint density at radius 1 is 1.22 bits per heavy atom. The van der Waals surface area contributed by atoms with Gasteiger partial charge in [0.15, 0.2) is 0 Å². The Morgan fingerprint density at radius 2 is 1.94 bits per heavy atom. The van der Waals surface area contributed by atoms with Crippen molar-refractivity contribution in [1.82, 2.24) is 0 Å². The number of rotatable bonds is 3. The standard InChI is InChI=1S/C14H12BrNOS/c1-9-8-10(6-7-11(9)14(16)18)17-13-5-3-2-4-12(13)15/h2-8H,1H3,(H2,16,18). The van der Waals surface area contributed by atoms with Crippen LogP contribution in [0.2, 0.25) is 0 Å². The predicted molar refractivity (Wildman–Crippen MR) is 81.3 cm³/mol. The molecule has 0 fully saturated rings. The van der Waals surface area contributed by atoms with Gasteiger partial charge in [0.25, 0.3) is 0 Å². The van der Waals surface area contributed by atoms with Crippen LogP contribution in [0, 0.1) is 6.92 Å². The van der Waals surface area contributed by atoms with Gasteiger partial charge in [0.05, 0.1) is 4.47 Å². The van der Waals surface area contributed by atoms with Crippen molar-refractivity contribution in [3.05, 3.63) is 58.1 Å². The minimum Gasteiger partial charge on any atom is -0.456 e. The highest BCUT2D eigenvalue weighted by molar-refractivity contribution is 9.10. The van der Waals surface area contributed by atoms with Crippen LogP contribution in [-0.4, -0.2) is 4.99 Å². The fourth-order valence-corrected chi connectivity index (χ4v) is 2.23. The minimum atomic E-state index is 0.403. The Hall–Kier alpha value is -1.39. The number of nitrogens with two attached hydrogens (primary N) is 1. The van der Waals surface area contributed by atoms with Gasteiger partial charge in [0, 0.05) is 5.56 Å². The summed E-state index contributed by atoms with van der Waals surface area (Å²) < 4.78 is 6.71. The lowest BCUT2D eigenvalue weighted by molar-refractivity contribution is 0.479. The number of para-hydroxylation sites is 1. The highest BCUT2D eigenvalue weighted by Gasteiger charge is 2.05. The van der Waals surface area contributed by atoms with Crippen LogP contribution in [0.1, 0.15) is 11.1 Å². The van der Waals surface area contributed by atoms with E-state index in [1.807, 2.05) is 49.4 Å². The Bertz CT molecular complexity index is 598. The Kier molecular flexibility index (Phi) is 3.99. The normalized spacial score (nSPS) is 10.1. The summed E-state index contributed by atoms with van der Waals surface area (Å²) in [5.41, 5.74) is 7.51. The number of hydrogen-bond donors (Lipinski definition) is 1. The zero-order chi connectivity index (χ0) is 13.1.